The van der Waals surface area contributed by atoms with Crippen molar-refractivity contribution in [1.29, 1.82) is 0 Å². The number of hydrogen-bond donors (Lipinski definition) is 1. The quantitative estimate of drug-likeness (QED) is 0.645. The van der Waals surface area contributed by atoms with E-state index in [0.717, 1.165) is 15.8 Å². The molecule has 1 aromatic carbocycles. The summed E-state index contributed by atoms with van der Waals surface area (Å²) in [5, 5.41) is 3.80. The van der Waals surface area contributed by atoms with E-state index in [0.29, 0.717) is 0 Å². The number of thiophene rings is 1. The average Bonchev–Trinajstić information content (AvgIpc) is 2.87. The number of aryl methyl sites for hydroxylation is 1. The molecule has 2 aromatic rings. The Morgan fingerprint density at radius 3 is 2.55 bits per heavy atom. The standard InChI is InChI=1S/C13H13BrN2O2S2/c1-2-11-5-6-12(19-11)9-15-16-20(17,18)13-7-3-10(14)4-8-13/h3-9,16H,2H2,1H3. The van der Waals surface area contributed by atoms with E-state index in [2.05, 4.69) is 32.8 Å². The first-order chi connectivity index (χ1) is 9.51. The van der Waals surface area contributed by atoms with Crippen molar-refractivity contribution in [1.82, 2.24) is 4.83 Å². The van der Waals surface area contributed by atoms with Gasteiger partial charge in [0.1, 0.15) is 0 Å². The highest BCUT2D eigenvalue weighted by Crippen LogP contribution is 2.16. The molecule has 1 heterocycles. The Hall–Kier alpha value is -1.18. The second-order valence-corrected chi connectivity index (χ2v) is 7.74. The molecule has 0 atom stereocenters. The van der Waals surface area contributed by atoms with E-state index in [4.69, 9.17) is 0 Å². The average molecular weight is 373 g/mol. The van der Waals surface area contributed by atoms with Gasteiger partial charge in [0.05, 0.1) is 11.1 Å². The van der Waals surface area contributed by atoms with Crippen molar-refractivity contribution in [2.24, 2.45) is 5.10 Å². The van der Waals surface area contributed by atoms with Crippen LogP contribution in [0, 0.1) is 0 Å². The SMILES string of the molecule is CCc1ccc(C=NNS(=O)(=O)c2ccc(Br)cc2)s1. The topological polar surface area (TPSA) is 58.5 Å². The molecule has 0 aliphatic heterocycles. The van der Waals surface area contributed by atoms with E-state index in [1.807, 2.05) is 12.1 Å². The number of benzene rings is 1. The fourth-order valence-corrected chi connectivity index (χ4v) is 3.36. The van der Waals surface area contributed by atoms with Gasteiger partial charge >= 0.3 is 0 Å². The molecule has 0 radical (unpaired) electrons. The van der Waals surface area contributed by atoms with Crippen LogP contribution in [-0.4, -0.2) is 14.6 Å². The Balaban J connectivity index is 2.07. The first kappa shape index (κ1) is 15.2. The van der Waals surface area contributed by atoms with Crippen LogP contribution in [0.2, 0.25) is 0 Å². The third kappa shape index (κ3) is 3.91. The molecule has 1 aromatic heterocycles. The lowest BCUT2D eigenvalue weighted by molar-refractivity contribution is 0.584. The van der Waals surface area contributed by atoms with Crippen LogP contribution in [0.3, 0.4) is 0 Å². The highest BCUT2D eigenvalue weighted by molar-refractivity contribution is 9.10. The Bertz CT molecular complexity index is 706. The summed E-state index contributed by atoms with van der Waals surface area (Å²) in [6.45, 7) is 2.07. The molecule has 4 nitrogen and oxygen atoms in total. The number of halogens is 1. The number of rotatable bonds is 5. The minimum absolute atomic E-state index is 0.179. The third-order valence-corrected chi connectivity index (χ3v) is 5.45. The van der Waals surface area contributed by atoms with Gasteiger partial charge in [0.15, 0.2) is 0 Å². The molecule has 0 amide bonds. The number of nitrogens with one attached hydrogen (secondary N) is 1. The maximum atomic E-state index is 12.0. The molecule has 106 valence electrons. The second-order valence-electron chi connectivity index (χ2n) is 3.96. The van der Waals surface area contributed by atoms with Crippen molar-refractivity contribution in [3.05, 3.63) is 50.6 Å². The van der Waals surface area contributed by atoms with Crippen molar-refractivity contribution < 1.29 is 8.42 Å². The summed E-state index contributed by atoms with van der Waals surface area (Å²) >= 11 is 4.85. The highest BCUT2D eigenvalue weighted by atomic mass is 79.9. The molecule has 0 unspecified atom stereocenters. The van der Waals surface area contributed by atoms with Crippen LogP contribution in [0.15, 0.2) is 50.9 Å². The highest BCUT2D eigenvalue weighted by Gasteiger charge is 2.11. The molecule has 2 rings (SSSR count). The summed E-state index contributed by atoms with van der Waals surface area (Å²) in [5.74, 6) is 0. The summed E-state index contributed by atoms with van der Waals surface area (Å²) in [6.07, 6.45) is 2.48. The number of hydrogen-bond acceptors (Lipinski definition) is 4. The van der Waals surface area contributed by atoms with Crippen LogP contribution in [0.5, 0.6) is 0 Å². The zero-order chi connectivity index (χ0) is 14.6. The lowest BCUT2D eigenvalue weighted by atomic mass is 10.4. The maximum Gasteiger partial charge on any atom is 0.276 e. The van der Waals surface area contributed by atoms with E-state index in [-0.39, 0.29) is 4.90 Å². The van der Waals surface area contributed by atoms with Gasteiger partial charge in [0, 0.05) is 14.2 Å². The number of sulfonamides is 1. The zero-order valence-electron chi connectivity index (χ0n) is 10.7. The van der Waals surface area contributed by atoms with Crippen LogP contribution in [0.4, 0.5) is 0 Å². The lowest BCUT2D eigenvalue weighted by Gasteiger charge is -2.02. The van der Waals surface area contributed by atoms with Gasteiger partial charge in [-0.1, -0.05) is 22.9 Å². The molecule has 0 bridgehead atoms. The molecular formula is C13H13BrN2O2S2. The van der Waals surface area contributed by atoms with E-state index in [9.17, 15) is 8.42 Å². The van der Waals surface area contributed by atoms with Crippen molar-refractivity contribution in [3.8, 4) is 0 Å². The molecule has 0 saturated carbocycles. The van der Waals surface area contributed by atoms with Crippen LogP contribution in [-0.2, 0) is 16.4 Å². The largest absolute Gasteiger partial charge is 0.276 e. The van der Waals surface area contributed by atoms with Gasteiger partial charge in [0.25, 0.3) is 10.0 Å². The van der Waals surface area contributed by atoms with E-state index in [1.54, 1.807) is 23.5 Å². The van der Waals surface area contributed by atoms with Gasteiger partial charge in [0.2, 0.25) is 0 Å². The lowest BCUT2D eigenvalue weighted by Crippen LogP contribution is -2.18. The maximum absolute atomic E-state index is 12.0. The molecule has 7 heteroatoms. The van der Waals surface area contributed by atoms with Gasteiger partial charge in [-0.25, -0.2) is 4.83 Å². The normalized spacial score (nSPS) is 11.9. The third-order valence-electron chi connectivity index (χ3n) is 2.52. The Morgan fingerprint density at radius 1 is 1.25 bits per heavy atom. The molecule has 1 N–H and O–H groups in total. The van der Waals surface area contributed by atoms with Gasteiger partial charge in [-0.2, -0.15) is 13.5 Å². The van der Waals surface area contributed by atoms with Gasteiger partial charge in [-0.05, 0) is 42.8 Å². The fraction of sp³-hybridized carbons (Fsp3) is 0.154. The Labute approximate surface area is 130 Å². The smallest absolute Gasteiger partial charge is 0.200 e. The van der Waals surface area contributed by atoms with Crippen LogP contribution >= 0.6 is 27.3 Å². The molecule has 0 aliphatic carbocycles. The summed E-state index contributed by atoms with van der Waals surface area (Å²) in [6, 6.07) is 10.3. The van der Waals surface area contributed by atoms with Crippen LogP contribution < -0.4 is 4.83 Å². The summed E-state index contributed by atoms with van der Waals surface area (Å²) in [4.78, 5) is 4.54. The van der Waals surface area contributed by atoms with E-state index >= 15 is 0 Å². The molecule has 0 fully saturated rings. The number of nitrogens with zero attached hydrogens (tertiary/aromatic N) is 1. The first-order valence-corrected chi connectivity index (χ1v) is 8.99. The molecule has 0 saturated heterocycles. The zero-order valence-corrected chi connectivity index (χ0v) is 13.9. The van der Waals surface area contributed by atoms with Crippen LogP contribution in [0.25, 0.3) is 0 Å². The van der Waals surface area contributed by atoms with Gasteiger partial charge in [-0.15, -0.1) is 11.3 Å². The minimum atomic E-state index is -3.61. The van der Waals surface area contributed by atoms with E-state index in [1.165, 1.54) is 23.2 Å². The van der Waals surface area contributed by atoms with Crippen molar-refractivity contribution in [2.45, 2.75) is 18.2 Å². The second kappa shape index (κ2) is 6.51. The van der Waals surface area contributed by atoms with Crippen molar-refractivity contribution in [3.63, 3.8) is 0 Å². The first-order valence-electron chi connectivity index (χ1n) is 5.90. The summed E-state index contributed by atoms with van der Waals surface area (Å²) in [7, 11) is -3.61. The molecular weight excluding hydrogens is 360 g/mol. The fourth-order valence-electron chi connectivity index (χ4n) is 1.48. The summed E-state index contributed by atoms with van der Waals surface area (Å²) < 4.78 is 24.7. The monoisotopic (exact) mass is 372 g/mol. The van der Waals surface area contributed by atoms with Gasteiger partial charge < -0.3 is 0 Å². The number of hydrazone groups is 1. The minimum Gasteiger partial charge on any atom is -0.200 e. The Kier molecular flexibility index (Phi) is 4.95. The van der Waals surface area contributed by atoms with Crippen LogP contribution in [0.1, 0.15) is 16.7 Å². The predicted molar refractivity (Wildman–Crippen MR) is 85.8 cm³/mol. The van der Waals surface area contributed by atoms with Gasteiger partial charge in [-0.3, -0.25) is 0 Å². The molecule has 20 heavy (non-hydrogen) atoms. The van der Waals surface area contributed by atoms with Crippen molar-refractivity contribution in [2.75, 3.05) is 0 Å². The predicted octanol–water partition coefficient (Wildman–Crippen LogP) is 3.39. The molecule has 0 aliphatic rings. The Morgan fingerprint density at radius 2 is 1.95 bits per heavy atom. The van der Waals surface area contributed by atoms with E-state index < -0.39 is 10.0 Å². The molecule has 0 spiro atoms. The summed E-state index contributed by atoms with van der Waals surface area (Å²) in [5.41, 5.74) is 0. The van der Waals surface area contributed by atoms with Crippen molar-refractivity contribution >= 4 is 43.5 Å².